The lowest BCUT2D eigenvalue weighted by Gasteiger charge is -2.27. The number of furan rings is 2. The van der Waals surface area contributed by atoms with Crippen molar-refractivity contribution < 1.29 is 8.83 Å². The van der Waals surface area contributed by atoms with Gasteiger partial charge in [-0.25, -0.2) is 0 Å². The van der Waals surface area contributed by atoms with Crippen LogP contribution in [0.5, 0.6) is 0 Å². The zero-order valence-electron chi connectivity index (χ0n) is 33.1. The summed E-state index contributed by atoms with van der Waals surface area (Å²) in [6, 6.07) is 79.7. The molecule has 0 amide bonds. The Hall–Kier alpha value is -8.14. The second kappa shape index (κ2) is 14.3. The molecule has 2 heterocycles. The lowest BCUT2D eigenvalue weighted by Crippen LogP contribution is -2.11. The molecule has 0 saturated carbocycles. The minimum atomic E-state index is 0.827. The van der Waals surface area contributed by atoms with E-state index < -0.39 is 0 Å². The van der Waals surface area contributed by atoms with E-state index in [0.29, 0.717) is 0 Å². The second-order valence-electron chi connectivity index (χ2n) is 15.6. The lowest BCUT2D eigenvalue weighted by atomic mass is 9.92. The third-order valence-corrected chi connectivity index (χ3v) is 12.1. The van der Waals surface area contributed by atoms with E-state index in [1.54, 1.807) is 0 Å². The molecule has 12 aromatic rings. The van der Waals surface area contributed by atoms with Crippen LogP contribution in [0.25, 0.3) is 99.2 Å². The molecule has 0 aliphatic carbocycles. The number of hydrogen-bond acceptors (Lipinski definition) is 3. The molecule has 0 fully saturated rings. The van der Waals surface area contributed by atoms with Gasteiger partial charge in [-0.05, 0) is 92.9 Å². The van der Waals surface area contributed by atoms with E-state index in [-0.39, 0.29) is 0 Å². The predicted octanol–water partition coefficient (Wildman–Crippen LogP) is 16.8. The molecular weight excluding hydrogens is 743 g/mol. The number of benzene rings is 10. The van der Waals surface area contributed by atoms with Gasteiger partial charge in [0.25, 0.3) is 0 Å². The summed E-state index contributed by atoms with van der Waals surface area (Å²) in [5, 5.41) is 6.44. The van der Waals surface area contributed by atoms with E-state index in [1.807, 2.05) is 12.1 Å². The molecule has 0 bridgehead atoms. The molecule has 3 heteroatoms. The van der Waals surface area contributed by atoms with Crippen LogP contribution in [0.1, 0.15) is 0 Å². The summed E-state index contributed by atoms with van der Waals surface area (Å²) in [7, 11) is 0. The Bertz CT molecular complexity index is 3570. The number of para-hydroxylation sites is 2. The van der Waals surface area contributed by atoms with E-state index in [4.69, 9.17) is 8.83 Å². The van der Waals surface area contributed by atoms with Crippen molar-refractivity contribution in [3.05, 3.63) is 224 Å². The minimum absolute atomic E-state index is 0.827. The molecule has 3 nitrogen and oxygen atoms in total. The number of nitrogens with zero attached hydrogens (tertiary/aromatic N) is 1. The molecule has 12 rings (SSSR count). The van der Waals surface area contributed by atoms with E-state index in [9.17, 15) is 0 Å². The van der Waals surface area contributed by atoms with Crippen molar-refractivity contribution in [2.24, 2.45) is 0 Å². The van der Waals surface area contributed by atoms with E-state index in [1.165, 1.54) is 16.7 Å². The van der Waals surface area contributed by atoms with Gasteiger partial charge in [0, 0.05) is 32.8 Å². The highest BCUT2D eigenvalue weighted by atomic mass is 16.3. The Labute approximate surface area is 353 Å². The fourth-order valence-corrected chi connectivity index (χ4v) is 9.20. The van der Waals surface area contributed by atoms with E-state index in [0.717, 1.165) is 99.5 Å². The van der Waals surface area contributed by atoms with Crippen molar-refractivity contribution in [3.8, 4) is 44.5 Å². The summed E-state index contributed by atoms with van der Waals surface area (Å²) in [5.74, 6) is 0. The van der Waals surface area contributed by atoms with Crippen molar-refractivity contribution >= 4 is 71.7 Å². The Balaban J connectivity index is 1.18. The monoisotopic (exact) mass is 779 g/mol. The van der Waals surface area contributed by atoms with Crippen LogP contribution >= 0.6 is 0 Å². The van der Waals surface area contributed by atoms with Crippen molar-refractivity contribution in [2.75, 3.05) is 4.90 Å². The minimum Gasteiger partial charge on any atom is -0.455 e. The van der Waals surface area contributed by atoms with Crippen LogP contribution in [0.2, 0.25) is 0 Å². The number of rotatable bonds is 7. The van der Waals surface area contributed by atoms with Crippen LogP contribution in [0.15, 0.2) is 233 Å². The molecule has 10 aromatic carbocycles. The largest absolute Gasteiger partial charge is 0.455 e. The van der Waals surface area contributed by atoms with Crippen molar-refractivity contribution in [1.82, 2.24) is 0 Å². The van der Waals surface area contributed by atoms with Gasteiger partial charge in [0.15, 0.2) is 5.58 Å². The highest BCUT2D eigenvalue weighted by molar-refractivity contribution is 6.25. The molecule has 61 heavy (non-hydrogen) atoms. The fourth-order valence-electron chi connectivity index (χ4n) is 9.20. The van der Waals surface area contributed by atoms with Gasteiger partial charge < -0.3 is 13.7 Å². The summed E-state index contributed by atoms with van der Waals surface area (Å²) in [6.07, 6.45) is 0. The molecule has 0 aliphatic heterocycles. The summed E-state index contributed by atoms with van der Waals surface area (Å²) in [4.78, 5) is 2.36. The SMILES string of the molecule is c1ccc(-c2ccc(N(c3cccc4c3oc3ccccc34)c3ccc(-c4ccccc4)c4oc5c6ccccc6c(-c6cccc(-c7ccccc7)c6)cc5c34)cc2)cc1. The predicted molar refractivity (Wildman–Crippen MR) is 255 cm³/mol. The maximum atomic E-state index is 7.26. The number of anilines is 3. The van der Waals surface area contributed by atoms with Crippen LogP contribution in [-0.2, 0) is 0 Å². The van der Waals surface area contributed by atoms with Crippen LogP contribution in [0, 0.1) is 0 Å². The normalized spacial score (nSPS) is 11.6. The first kappa shape index (κ1) is 34.9. The Kier molecular flexibility index (Phi) is 8.17. The van der Waals surface area contributed by atoms with Gasteiger partial charge in [0.1, 0.15) is 16.7 Å². The highest BCUT2D eigenvalue weighted by Gasteiger charge is 2.26. The topological polar surface area (TPSA) is 29.5 Å². The van der Waals surface area contributed by atoms with Crippen LogP contribution in [-0.4, -0.2) is 0 Å². The molecule has 0 atom stereocenters. The molecule has 0 aliphatic rings. The Morgan fingerprint density at radius 3 is 1.59 bits per heavy atom. The zero-order chi connectivity index (χ0) is 40.3. The van der Waals surface area contributed by atoms with Crippen molar-refractivity contribution in [1.29, 1.82) is 0 Å². The average molecular weight is 780 g/mol. The van der Waals surface area contributed by atoms with Crippen molar-refractivity contribution in [2.45, 2.75) is 0 Å². The molecule has 2 aromatic heterocycles. The lowest BCUT2D eigenvalue weighted by molar-refractivity contribution is 0.669. The van der Waals surface area contributed by atoms with E-state index in [2.05, 4.69) is 217 Å². The first-order valence-electron chi connectivity index (χ1n) is 20.7. The smallest absolute Gasteiger partial charge is 0.159 e. The molecule has 286 valence electrons. The first-order chi connectivity index (χ1) is 30.3. The van der Waals surface area contributed by atoms with Gasteiger partial charge in [-0.2, -0.15) is 0 Å². The van der Waals surface area contributed by atoms with Crippen LogP contribution in [0.3, 0.4) is 0 Å². The van der Waals surface area contributed by atoms with Crippen LogP contribution < -0.4 is 4.90 Å². The summed E-state index contributed by atoms with van der Waals surface area (Å²) in [5.41, 5.74) is 15.4. The quantitative estimate of drug-likeness (QED) is 0.161. The third kappa shape index (κ3) is 5.82. The third-order valence-electron chi connectivity index (χ3n) is 12.1. The van der Waals surface area contributed by atoms with Gasteiger partial charge in [-0.1, -0.05) is 176 Å². The first-order valence-corrected chi connectivity index (χ1v) is 20.7. The summed E-state index contributed by atoms with van der Waals surface area (Å²) < 4.78 is 14.1. The fraction of sp³-hybridized carbons (Fsp3) is 0. The Morgan fingerprint density at radius 1 is 0.279 bits per heavy atom. The average Bonchev–Trinajstić information content (AvgIpc) is 3.93. The molecule has 0 saturated heterocycles. The van der Waals surface area contributed by atoms with Gasteiger partial charge in [0.05, 0.1) is 16.8 Å². The van der Waals surface area contributed by atoms with Gasteiger partial charge in [-0.15, -0.1) is 0 Å². The second-order valence-corrected chi connectivity index (χ2v) is 15.6. The standard InChI is InChI=1S/C58H37NO2/c1-4-16-38(17-5-1)40-30-32-44(33-31-40)59(53-28-15-27-49-47-25-12-13-29-54(47)60-57(49)53)52-35-34-45(41-20-8-3-9-21-41)58-55(52)51-37-50(46-24-10-11-26-48(46)56(51)61-58)43-23-14-22-42(36-43)39-18-6-2-7-19-39/h1-37H. The molecular formula is C58H37NO2. The number of hydrogen-bond donors (Lipinski definition) is 0. The van der Waals surface area contributed by atoms with Crippen LogP contribution in [0.4, 0.5) is 17.1 Å². The van der Waals surface area contributed by atoms with E-state index >= 15 is 0 Å². The maximum Gasteiger partial charge on any atom is 0.159 e. The Morgan fingerprint density at radius 2 is 0.836 bits per heavy atom. The number of fused-ring (bicyclic) bond motifs is 8. The molecule has 0 N–H and O–H groups in total. The van der Waals surface area contributed by atoms with Gasteiger partial charge in [-0.3, -0.25) is 0 Å². The molecule has 0 unspecified atom stereocenters. The maximum absolute atomic E-state index is 7.26. The summed E-state index contributed by atoms with van der Waals surface area (Å²) >= 11 is 0. The zero-order valence-corrected chi connectivity index (χ0v) is 33.1. The van der Waals surface area contributed by atoms with Gasteiger partial charge in [0.2, 0.25) is 0 Å². The van der Waals surface area contributed by atoms with Gasteiger partial charge >= 0.3 is 0 Å². The summed E-state index contributed by atoms with van der Waals surface area (Å²) in [6.45, 7) is 0. The molecule has 0 spiro atoms. The van der Waals surface area contributed by atoms with Crippen molar-refractivity contribution in [3.63, 3.8) is 0 Å². The highest BCUT2D eigenvalue weighted by Crippen LogP contribution is 2.50. The molecule has 0 radical (unpaired) electrons.